The number of hydrogen-bond acceptors (Lipinski definition) is 2. The van der Waals surface area contributed by atoms with E-state index >= 15 is 0 Å². The van der Waals surface area contributed by atoms with E-state index < -0.39 is 0 Å². The third-order valence-electron chi connectivity index (χ3n) is 2.71. The van der Waals surface area contributed by atoms with Crippen molar-refractivity contribution in [2.24, 2.45) is 0 Å². The number of benzene rings is 1. The van der Waals surface area contributed by atoms with Gasteiger partial charge in [-0.05, 0) is 42.3 Å². The Labute approximate surface area is 110 Å². The molecule has 0 bridgehead atoms. The Morgan fingerprint density at radius 1 is 1.24 bits per heavy atom. The number of pyridine rings is 1. The molecule has 0 amide bonds. The molecule has 17 heavy (non-hydrogen) atoms. The highest BCUT2D eigenvalue weighted by molar-refractivity contribution is 9.10. The molecule has 2 aromatic rings. The van der Waals surface area contributed by atoms with Crippen LogP contribution in [0.3, 0.4) is 0 Å². The van der Waals surface area contributed by atoms with Crippen molar-refractivity contribution in [2.75, 3.05) is 0 Å². The van der Waals surface area contributed by atoms with Crippen LogP contribution in [-0.2, 0) is 6.54 Å². The van der Waals surface area contributed by atoms with Crippen molar-refractivity contribution in [3.8, 4) is 0 Å². The first-order valence-corrected chi connectivity index (χ1v) is 6.43. The van der Waals surface area contributed by atoms with E-state index in [0.717, 1.165) is 11.0 Å². The van der Waals surface area contributed by atoms with E-state index in [2.05, 4.69) is 51.4 Å². The van der Waals surface area contributed by atoms with Crippen LogP contribution in [0.25, 0.3) is 0 Å². The van der Waals surface area contributed by atoms with Gasteiger partial charge < -0.3 is 5.32 Å². The van der Waals surface area contributed by atoms with Gasteiger partial charge in [0, 0.05) is 29.5 Å². The van der Waals surface area contributed by atoms with Gasteiger partial charge in [-0.1, -0.05) is 28.1 Å². The van der Waals surface area contributed by atoms with Crippen molar-refractivity contribution in [1.82, 2.24) is 10.3 Å². The zero-order valence-corrected chi connectivity index (χ0v) is 11.3. The molecule has 1 unspecified atom stereocenters. The molecule has 1 N–H and O–H groups in total. The summed E-state index contributed by atoms with van der Waals surface area (Å²) in [6.07, 6.45) is 3.65. The molecular formula is C14H15BrN2. The molecule has 0 radical (unpaired) electrons. The molecule has 2 nitrogen and oxygen atoms in total. The van der Waals surface area contributed by atoms with Crippen LogP contribution in [0, 0.1) is 0 Å². The van der Waals surface area contributed by atoms with E-state index in [1.54, 1.807) is 0 Å². The predicted octanol–water partition coefficient (Wildman–Crippen LogP) is 3.69. The zero-order valence-electron chi connectivity index (χ0n) is 9.73. The fraction of sp³-hybridized carbons (Fsp3) is 0.214. The highest BCUT2D eigenvalue weighted by Crippen LogP contribution is 2.14. The molecule has 2 rings (SSSR count). The normalized spacial score (nSPS) is 12.4. The summed E-state index contributed by atoms with van der Waals surface area (Å²) < 4.78 is 1.12. The van der Waals surface area contributed by atoms with Crippen molar-refractivity contribution in [3.63, 3.8) is 0 Å². The maximum absolute atomic E-state index is 4.02. The smallest absolute Gasteiger partial charge is 0.0296 e. The van der Waals surface area contributed by atoms with Gasteiger partial charge in [-0.2, -0.15) is 0 Å². The minimum Gasteiger partial charge on any atom is -0.306 e. The SMILES string of the molecule is CC(NCc1cccc(Br)c1)c1ccncc1. The molecule has 0 saturated carbocycles. The van der Waals surface area contributed by atoms with Crippen LogP contribution in [0.1, 0.15) is 24.1 Å². The van der Waals surface area contributed by atoms with Gasteiger partial charge in [0.15, 0.2) is 0 Å². The summed E-state index contributed by atoms with van der Waals surface area (Å²) in [5.41, 5.74) is 2.54. The lowest BCUT2D eigenvalue weighted by atomic mass is 10.1. The van der Waals surface area contributed by atoms with Crippen LogP contribution in [-0.4, -0.2) is 4.98 Å². The molecule has 0 aliphatic rings. The van der Waals surface area contributed by atoms with Crippen molar-refractivity contribution in [3.05, 3.63) is 64.4 Å². The van der Waals surface area contributed by atoms with Crippen LogP contribution in [0.5, 0.6) is 0 Å². The number of rotatable bonds is 4. The lowest BCUT2D eigenvalue weighted by molar-refractivity contribution is 0.574. The van der Waals surface area contributed by atoms with Crippen molar-refractivity contribution in [2.45, 2.75) is 19.5 Å². The van der Waals surface area contributed by atoms with Gasteiger partial charge in [0.1, 0.15) is 0 Å². The lowest BCUT2D eigenvalue weighted by Gasteiger charge is -2.14. The third-order valence-corrected chi connectivity index (χ3v) is 3.20. The summed E-state index contributed by atoms with van der Waals surface area (Å²) in [5, 5.41) is 3.49. The largest absolute Gasteiger partial charge is 0.306 e. The van der Waals surface area contributed by atoms with E-state index in [1.807, 2.05) is 30.6 Å². The number of nitrogens with one attached hydrogen (secondary N) is 1. The number of halogens is 1. The first-order valence-electron chi connectivity index (χ1n) is 5.63. The van der Waals surface area contributed by atoms with Crippen LogP contribution >= 0.6 is 15.9 Å². The quantitative estimate of drug-likeness (QED) is 0.929. The van der Waals surface area contributed by atoms with E-state index in [4.69, 9.17) is 0 Å². The van der Waals surface area contributed by atoms with Gasteiger partial charge in [-0.3, -0.25) is 4.98 Å². The first-order chi connectivity index (χ1) is 8.25. The Hall–Kier alpha value is -1.19. The Morgan fingerprint density at radius 3 is 2.71 bits per heavy atom. The fourth-order valence-corrected chi connectivity index (χ4v) is 2.13. The molecule has 0 aliphatic heterocycles. The predicted molar refractivity (Wildman–Crippen MR) is 73.6 cm³/mol. The molecule has 1 aromatic carbocycles. The number of nitrogens with zero attached hydrogens (tertiary/aromatic N) is 1. The lowest BCUT2D eigenvalue weighted by Crippen LogP contribution is -2.17. The molecule has 0 aliphatic carbocycles. The maximum atomic E-state index is 4.02. The van der Waals surface area contributed by atoms with Crippen molar-refractivity contribution in [1.29, 1.82) is 0 Å². The Morgan fingerprint density at radius 2 is 2.00 bits per heavy atom. The fourth-order valence-electron chi connectivity index (χ4n) is 1.69. The molecule has 1 aromatic heterocycles. The molecular weight excluding hydrogens is 276 g/mol. The van der Waals surface area contributed by atoms with Crippen LogP contribution in [0.4, 0.5) is 0 Å². The number of hydrogen-bond donors (Lipinski definition) is 1. The van der Waals surface area contributed by atoms with E-state index in [0.29, 0.717) is 6.04 Å². The molecule has 88 valence electrons. The van der Waals surface area contributed by atoms with Crippen molar-refractivity contribution < 1.29 is 0 Å². The van der Waals surface area contributed by atoms with Crippen LogP contribution < -0.4 is 5.32 Å². The minimum absolute atomic E-state index is 0.331. The Bertz CT molecular complexity index is 471. The van der Waals surface area contributed by atoms with Crippen LogP contribution in [0.15, 0.2) is 53.3 Å². The van der Waals surface area contributed by atoms with Gasteiger partial charge in [0.05, 0.1) is 0 Å². The summed E-state index contributed by atoms with van der Waals surface area (Å²) in [5.74, 6) is 0. The van der Waals surface area contributed by atoms with E-state index in [9.17, 15) is 0 Å². The highest BCUT2D eigenvalue weighted by Gasteiger charge is 2.03. The van der Waals surface area contributed by atoms with Gasteiger partial charge in [-0.15, -0.1) is 0 Å². The monoisotopic (exact) mass is 290 g/mol. The summed E-state index contributed by atoms with van der Waals surface area (Å²) >= 11 is 3.48. The molecule has 1 heterocycles. The molecule has 0 saturated heterocycles. The first kappa shape index (κ1) is 12.3. The van der Waals surface area contributed by atoms with E-state index in [-0.39, 0.29) is 0 Å². The number of aromatic nitrogens is 1. The molecule has 1 atom stereocenters. The van der Waals surface area contributed by atoms with Crippen LogP contribution in [0.2, 0.25) is 0 Å². The summed E-state index contributed by atoms with van der Waals surface area (Å²) in [7, 11) is 0. The summed E-state index contributed by atoms with van der Waals surface area (Å²) in [6, 6.07) is 12.8. The van der Waals surface area contributed by atoms with Crippen molar-refractivity contribution >= 4 is 15.9 Å². The van der Waals surface area contributed by atoms with Gasteiger partial charge in [-0.25, -0.2) is 0 Å². The van der Waals surface area contributed by atoms with Gasteiger partial charge in [0.25, 0.3) is 0 Å². The topological polar surface area (TPSA) is 24.9 Å². The second kappa shape index (κ2) is 5.94. The average molecular weight is 291 g/mol. The second-order valence-electron chi connectivity index (χ2n) is 4.01. The molecule has 0 fully saturated rings. The van der Waals surface area contributed by atoms with E-state index in [1.165, 1.54) is 11.1 Å². The highest BCUT2D eigenvalue weighted by atomic mass is 79.9. The standard InChI is InChI=1S/C14H15BrN2/c1-11(13-5-7-16-8-6-13)17-10-12-3-2-4-14(15)9-12/h2-9,11,17H,10H2,1H3. The summed E-state index contributed by atoms with van der Waals surface area (Å²) in [6.45, 7) is 3.02. The van der Waals surface area contributed by atoms with Gasteiger partial charge in [0.2, 0.25) is 0 Å². The Balaban J connectivity index is 1.95. The average Bonchev–Trinajstić information content (AvgIpc) is 2.37. The van der Waals surface area contributed by atoms with Gasteiger partial charge >= 0.3 is 0 Å². The zero-order chi connectivity index (χ0) is 12.1. The molecule has 0 spiro atoms. The minimum atomic E-state index is 0.331. The third kappa shape index (κ3) is 3.65. The Kier molecular flexibility index (Phi) is 4.29. The second-order valence-corrected chi connectivity index (χ2v) is 4.93. The summed E-state index contributed by atoms with van der Waals surface area (Å²) in [4.78, 5) is 4.02. The molecule has 3 heteroatoms. The maximum Gasteiger partial charge on any atom is 0.0296 e.